The Morgan fingerprint density at radius 1 is 1.18 bits per heavy atom. The van der Waals surface area contributed by atoms with Gasteiger partial charge in [0.15, 0.2) is 10.2 Å². The van der Waals surface area contributed by atoms with Crippen molar-refractivity contribution in [2.45, 2.75) is 48.9 Å². The van der Waals surface area contributed by atoms with Crippen LogP contribution in [0.15, 0.2) is 52.9 Å². The van der Waals surface area contributed by atoms with Crippen LogP contribution >= 0.6 is 46.3 Å². The fraction of sp³-hybridized carbons (Fsp3) is 0.304. The van der Waals surface area contributed by atoms with E-state index in [1.54, 1.807) is 22.3 Å². The van der Waals surface area contributed by atoms with E-state index in [9.17, 15) is 4.79 Å². The SMILES string of the molecule is CC(C)(C)OC(=O)NC(Cc1ccccc1)c1nnc2sc(SCc3ccc(Cl)cc3Cl)nn12. The van der Waals surface area contributed by atoms with E-state index < -0.39 is 17.7 Å². The van der Waals surface area contributed by atoms with Crippen LogP contribution in [-0.4, -0.2) is 31.5 Å². The molecule has 1 amide bonds. The first kappa shape index (κ1) is 24.8. The number of amides is 1. The number of halogens is 2. The Morgan fingerprint density at radius 3 is 2.65 bits per heavy atom. The summed E-state index contributed by atoms with van der Waals surface area (Å²) in [5.41, 5.74) is 1.40. The number of aromatic nitrogens is 4. The van der Waals surface area contributed by atoms with Gasteiger partial charge in [0.25, 0.3) is 0 Å². The van der Waals surface area contributed by atoms with E-state index in [-0.39, 0.29) is 0 Å². The zero-order valence-electron chi connectivity index (χ0n) is 18.8. The first-order valence-corrected chi connectivity index (χ1v) is 13.1. The first-order valence-electron chi connectivity index (χ1n) is 10.5. The highest BCUT2D eigenvalue weighted by Crippen LogP contribution is 2.32. The van der Waals surface area contributed by atoms with Crippen molar-refractivity contribution < 1.29 is 9.53 Å². The molecule has 2 aromatic heterocycles. The predicted octanol–water partition coefficient (Wildman–Crippen LogP) is 6.59. The molecule has 0 aliphatic rings. The van der Waals surface area contributed by atoms with Gasteiger partial charge in [0.2, 0.25) is 4.96 Å². The second-order valence-electron chi connectivity index (χ2n) is 8.53. The van der Waals surface area contributed by atoms with Crippen LogP contribution in [0, 0.1) is 0 Å². The van der Waals surface area contributed by atoms with Gasteiger partial charge in [0, 0.05) is 22.2 Å². The van der Waals surface area contributed by atoms with Crippen molar-refractivity contribution in [3.63, 3.8) is 0 Å². The first-order chi connectivity index (χ1) is 16.2. The highest BCUT2D eigenvalue weighted by Gasteiger charge is 2.26. The standard InChI is InChI=1S/C23H23Cl2N5O2S2/c1-23(2,3)32-21(31)26-18(11-14-7-5-4-6-8-14)19-27-28-20-30(19)29-22(34-20)33-13-15-9-10-16(24)12-17(15)25/h4-10,12,18H,11,13H2,1-3H3,(H,26,31). The third-order valence-corrected chi connectivity index (χ3v) is 7.32. The monoisotopic (exact) mass is 535 g/mol. The molecule has 7 nitrogen and oxygen atoms in total. The Balaban J connectivity index is 1.57. The van der Waals surface area contributed by atoms with E-state index in [0.717, 1.165) is 15.5 Å². The molecule has 4 rings (SSSR count). The highest BCUT2D eigenvalue weighted by molar-refractivity contribution is 8.00. The number of thioether (sulfide) groups is 1. The van der Waals surface area contributed by atoms with E-state index in [0.29, 0.717) is 33.0 Å². The van der Waals surface area contributed by atoms with E-state index in [2.05, 4.69) is 15.5 Å². The Kier molecular flexibility index (Phi) is 7.67. The van der Waals surface area contributed by atoms with Gasteiger partial charge in [0.05, 0.1) is 6.04 Å². The van der Waals surface area contributed by atoms with Gasteiger partial charge in [-0.05, 0) is 44.0 Å². The number of fused-ring (bicyclic) bond motifs is 1. The van der Waals surface area contributed by atoms with Crippen LogP contribution in [0.3, 0.4) is 0 Å². The number of alkyl carbamates (subject to hydrolysis) is 1. The van der Waals surface area contributed by atoms with Gasteiger partial charge in [-0.25, -0.2) is 4.79 Å². The van der Waals surface area contributed by atoms with Crippen molar-refractivity contribution in [2.75, 3.05) is 0 Å². The summed E-state index contributed by atoms with van der Waals surface area (Å²) in [6.45, 7) is 5.47. The van der Waals surface area contributed by atoms with Gasteiger partial charge in [0.1, 0.15) is 5.60 Å². The molecule has 2 aromatic carbocycles. The Labute approximate surface area is 215 Å². The molecule has 0 spiro atoms. The maximum absolute atomic E-state index is 12.6. The topological polar surface area (TPSA) is 81.4 Å². The summed E-state index contributed by atoms with van der Waals surface area (Å²) in [4.78, 5) is 13.2. The van der Waals surface area contributed by atoms with Crippen molar-refractivity contribution in [3.8, 4) is 0 Å². The minimum atomic E-state index is -0.616. The van der Waals surface area contributed by atoms with Gasteiger partial charge >= 0.3 is 6.09 Å². The van der Waals surface area contributed by atoms with Gasteiger partial charge in [-0.15, -0.1) is 15.3 Å². The summed E-state index contributed by atoms with van der Waals surface area (Å²) >= 11 is 15.3. The number of nitrogens with one attached hydrogen (secondary N) is 1. The minimum absolute atomic E-state index is 0.474. The van der Waals surface area contributed by atoms with Crippen molar-refractivity contribution in [1.29, 1.82) is 0 Å². The summed E-state index contributed by atoms with van der Waals surface area (Å²) in [6.07, 6.45) is -0.00580. The van der Waals surface area contributed by atoms with Gasteiger partial charge in [-0.3, -0.25) is 0 Å². The number of hydrogen-bond donors (Lipinski definition) is 1. The number of nitrogens with zero attached hydrogens (tertiary/aromatic N) is 4. The van der Waals surface area contributed by atoms with Crippen LogP contribution in [0.2, 0.25) is 10.0 Å². The molecule has 1 unspecified atom stereocenters. The lowest BCUT2D eigenvalue weighted by Gasteiger charge is -2.22. The van der Waals surface area contributed by atoms with Crippen molar-refractivity contribution >= 4 is 57.4 Å². The molecule has 0 radical (unpaired) electrons. The molecule has 0 saturated carbocycles. The third kappa shape index (κ3) is 6.41. The summed E-state index contributed by atoms with van der Waals surface area (Å²) in [5.74, 6) is 1.18. The maximum atomic E-state index is 12.6. The van der Waals surface area contributed by atoms with E-state index in [1.807, 2.05) is 63.2 Å². The zero-order valence-corrected chi connectivity index (χ0v) is 21.9. The molecule has 1 atom stereocenters. The minimum Gasteiger partial charge on any atom is -0.444 e. The van der Waals surface area contributed by atoms with E-state index in [1.165, 1.54) is 11.3 Å². The number of rotatable bonds is 7. The summed E-state index contributed by atoms with van der Waals surface area (Å²) in [7, 11) is 0. The summed E-state index contributed by atoms with van der Waals surface area (Å²) in [5, 5.41) is 17.5. The number of carbonyl (C=O) groups excluding carboxylic acids is 1. The Hall–Kier alpha value is -2.33. The molecule has 11 heteroatoms. The number of carbonyl (C=O) groups is 1. The molecule has 0 bridgehead atoms. The fourth-order valence-electron chi connectivity index (χ4n) is 3.17. The highest BCUT2D eigenvalue weighted by atomic mass is 35.5. The molecule has 4 aromatic rings. The van der Waals surface area contributed by atoms with Crippen LogP contribution in [-0.2, 0) is 16.9 Å². The van der Waals surface area contributed by atoms with Crippen molar-refractivity contribution in [2.24, 2.45) is 0 Å². The van der Waals surface area contributed by atoms with Crippen LogP contribution < -0.4 is 5.32 Å². The molecule has 34 heavy (non-hydrogen) atoms. The number of benzene rings is 2. The van der Waals surface area contributed by atoms with Crippen LogP contribution in [0.25, 0.3) is 4.96 Å². The molecule has 178 valence electrons. The molecular weight excluding hydrogens is 513 g/mol. The zero-order chi connectivity index (χ0) is 24.3. The molecule has 0 aliphatic carbocycles. The van der Waals surface area contributed by atoms with Crippen LogP contribution in [0.5, 0.6) is 0 Å². The van der Waals surface area contributed by atoms with E-state index in [4.69, 9.17) is 33.0 Å². The van der Waals surface area contributed by atoms with Gasteiger partial charge < -0.3 is 10.1 Å². The Morgan fingerprint density at radius 2 is 1.94 bits per heavy atom. The summed E-state index contributed by atoms with van der Waals surface area (Å²) < 4.78 is 7.97. The average molecular weight is 537 g/mol. The van der Waals surface area contributed by atoms with Crippen LogP contribution in [0.4, 0.5) is 4.79 Å². The molecular formula is C23H23Cl2N5O2S2. The average Bonchev–Trinajstić information content (AvgIpc) is 3.32. The largest absolute Gasteiger partial charge is 0.444 e. The Bertz CT molecular complexity index is 1290. The second kappa shape index (κ2) is 10.5. The molecule has 0 saturated heterocycles. The lowest BCUT2D eigenvalue weighted by molar-refractivity contribution is 0.0500. The van der Waals surface area contributed by atoms with Crippen LogP contribution in [0.1, 0.15) is 43.8 Å². The normalized spacial score (nSPS) is 12.6. The summed E-state index contributed by atoms with van der Waals surface area (Å²) in [6, 6.07) is 14.8. The van der Waals surface area contributed by atoms with Gasteiger partial charge in [-0.2, -0.15) is 4.52 Å². The van der Waals surface area contributed by atoms with Crippen molar-refractivity contribution in [3.05, 3.63) is 75.5 Å². The molecule has 1 N–H and O–H groups in total. The predicted molar refractivity (Wildman–Crippen MR) is 137 cm³/mol. The van der Waals surface area contributed by atoms with E-state index >= 15 is 0 Å². The fourth-order valence-corrected chi connectivity index (χ4v) is 5.62. The maximum Gasteiger partial charge on any atom is 0.408 e. The third-order valence-electron chi connectivity index (χ3n) is 4.65. The lowest BCUT2D eigenvalue weighted by Crippen LogP contribution is -2.36. The molecule has 2 heterocycles. The lowest BCUT2D eigenvalue weighted by atomic mass is 10.1. The molecule has 0 aliphatic heterocycles. The van der Waals surface area contributed by atoms with Crippen molar-refractivity contribution in [1.82, 2.24) is 25.1 Å². The number of hydrogen-bond acceptors (Lipinski definition) is 7. The quantitative estimate of drug-likeness (QED) is 0.268. The number of ether oxygens (including phenoxy) is 1. The molecule has 0 fully saturated rings. The second-order valence-corrected chi connectivity index (χ2v) is 11.6. The van der Waals surface area contributed by atoms with Gasteiger partial charge in [-0.1, -0.05) is 82.7 Å². The smallest absolute Gasteiger partial charge is 0.408 e.